The summed E-state index contributed by atoms with van der Waals surface area (Å²) < 4.78 is 0. The molecule has 0 aliphatic carbocycles. The number of aliphatic carboxylic acids is 1. The van der Waals surface area contributed by atoms with Crippen LogP contribution in [-0.4, -0.2) is 17.6 Å². The van der Waals surface area contributed by atoms with Crippen LogP contribution in [0.3, 0.4) is 0 Å². The van der Waals surface area contributed by atoms with E-state index in [1.54, 1.807) is 6.92 Å². The SMILES string of the molecule is CCCCCCCCCCCCC(C)(CN)C(=O)O. The van der Waals surface area contributed by atoms with E-state index in [4.69, 9.17) is 10.8 Å². The minimum Gasteiger partial charge on any atom is -0.481 e. The Morgan fingerprint density at radius 1 is 0.947 bits per heavy atom. The molecule has 0 amide bonds. The van der Waals surface area contributed by atoms with Crippen molar-refractivity contribution in [3.63, 3.8) is 0 Å². The summed E-state index contributed by atoms with van der Waals surface area (Å²) in [5, 5.41) is 9.10. The van der Waals surface area contributed by atoms with Gasteiger partial charge in [0.1, 0.15) is 0 Å². The molecule has 3 N–H and O–H groups in total. The molecule has 0 saturated carbocycles. The summed E-state index contributed by atoms with van der Waals surface area (Å²) in [4.78, 5) is 11.1. The predicted octanol–water partition coefficient (Wildman–Crippen LogP) is 4.35. The first-order valence-electron chi connectivity index (χ1n) is 8.00. The fourth-order valence-electron chi connectivity index (χ4n) is 2.30. The molecule has 19 heavy (non-hydrogen) atoms. The number of rotatable bonds is 13. The summed E-state index contributed by atoms with van der Waals surface area (Å²) in [5.74, 6) is -0.758. The summed E-state index contributed by atoms with van der Waals surface area (Å²) >= 11 is 0. The van der Waals surface area contributed by atoms with Gasteiger partial charge in [-0.2, -0.15) is 0 Å². The number of carbonyl (C=O) groups is 1. The Balaban J connectivity index is 3.38. The molecular formula is C16H33NO2. The van der Waals surface area contributed by atoms with Crippen LogP contribution in [0, 0.1) is 5.41 Å². The number of hydrogen-bond donors (Lipinski definition) is 2. The minimum absolute atomic E-state index is 0.236. The smallest absolute Gasteiger partial charge is 0.310 e. The van der Waals surface area contributed by atoms with Gasteiger partial charge in [0.05, 0.1) is 5.41 Å². The van der Waals surface area contributed by atoms with E-state index < -0.39 is 11.4 Å². The second-order valence-corrected chi connectivity index (χ2v) is 6.00. The fourth-order valence-corrected chi connectivity index (χ4v) is 2.30. The minimum atomic E-state index is -0.758. The van der Waals surface area contributed by atoms with Crippen LogP contribution in [0.4, 0.5) is 0 Å². The van der Waals surface area contributed by atoms with Crippen LogP contribution in [0.2, 0.25) is 0 Å². The van der Waals surface area contributed by atoms with E-state index in [1.165, 1.54) is 51.4 Å². The molecule has 0 aliphatic rings. The third-order valence-electron chi connectivity index (χ3n) is 4.05. The molecule has 0 rings (SSSR count). The van der Waals surface area contributed by atoms with Crippen molar-refractivity contribution in [2.24, 2.45) is 11.1 Å². The molecule has 0 aliphatic heterocycles. The zero-order chi connectivity index (χ0) is 14.6. The van der Waals surface area contributed by atoms with E-state index in [9.17, 15) is 4.79 Å². The van der Waals surface area contributed by atoms with Crippen molar-refractivity contribution in [1.82, 2.24) is 0 Å². The van der Waals surface area contributed by atoms with Gasteiger partial charge in [-0.25, -0.2) is 0 Å². The van der Waals surface area contributed by atoms with E-state index >= 15 is 0 Å². The van der Waals surface area contributed by atoms with Crippen LogP contribution in [-0.2, 0) is 4.79 Å². The molecule has 114 valence electrons. The molecule has 3 nitrogen and oxygen atoms in total. The summed E-state index contributed by atoms with van der Waals surface area (Å²) in [6.45, 7) is 4.23. The lowest BCUT2D eigenvalue weighted by atomic mass is 9.85. The summed E-state index contributed by atoms with van der Waals surface area (Å²) in [5.41, 5.74) is 4.83. The van der Waals surface area contributed by atoms with E-state index in [0.717, 1.165) is 12.8 Å². The van der Waals surface area contributed by atoms with Gasteiger partial charge in [0, 0.05) is 6.54 Å². The Kier molecular flexibility index (Phi) is 10.9. The molecule has 0 saturated heterocycles. The Morgan fingerprint density at radius 3 is 1.74 bits per heavy atom. The van der Waals surface area contributed by atoms with E-state index in [1.807, 2.05) is 0 Å². The first-order valence-corrected chi connectivity index (χ1v) is 8.00. The zero-order valence-corrected chi connectivity index (χ0v) is 12.9. The fraction of sp³-hybridized carbons (Fsp3) is 0.938. The summed E-state index contributed by atoms with van der Waals surface area (Å²) in [6, 6.07) is 0. The van der Waals surface area contributed by atoms with Crippen molar-refractivity contribution in [2.45, 2.75) is 84.5 Å². The van der Waals surface area contributed by atoms with Crippen molar-refractivity contribution in [2.75, 3.05) is 6.54 Å². The lowest BCUT2D eigenvalue weighted by molar-refractivity contribution is -0.147. The normalized spacial score (nSPS) is 14.3. The molecule has 3 heteroatoms. The van der Waals surface area contributed by atoms with Gasteiger partial charge in [-0.3, -0.25) is 4.79 Å². The molecule has 0 heterocycles. The van der Waals surface area contributed by atoms with Crippen molar-refractivity contribution in [3.05, 3.63) is 0 Å². The van der Waals surface area contributed by atoms with E-state index in [2.05, 4.69) is 6.92 Å². The van der Waals surface area contributed by atoms with Gasteiger partial charge in [-0.05, 0) is 13.3 Å². The molecule has 0 radical (unpaired) electrons. The first-order chi connectivity index (χ1) is 9.06. The molecule has 0 fully saturated rings. The molecule has 0 aromatic heterocycles. The Labute approximate surface area is 119 Å². The third kappa shape index (κ3) is 9.04. The van der Waals surface area contributed by atoms with Crippen LogP contribution in [0.25, 0.3) is 0 Å². The number of unbranched alkanes of at least 4 members (excludes halogenated alkanes) is 9. The number of hydrogen-bond acceptors (Lipinski definition) is 2. The monoisotopic (exact) mass is 271 g/mol. The van der Waals surface area contributed by atoms with Gasteiger partial charge in [-0.1, -0.05) is 71.1 Å². The third-order valence-corrected chi connectivity index (χ3v) is 4.05. The second kappa shape index (κ2) is 11.3. The Morgan fingerprint density at radius 2 is 1.37 bits per heavy atom. The van der Waals surface area contributed by atoms with Crippen LogP contribution in [0.5, 0.6) is 0 Å². The van der Waals surface area contributed by atoms with Crippen molar-refractivity contribution in [1.29, 1.82) is 0 Å². The van der Waals surface area contributed by atoms with E-state index in [0.29, 0.717) is 6.42 Å². The average Bonchev–Trinajstić information content (AvgIpc) is 2.40. The first kappa shape index (κ1) is 18.4. The zero-order valence-electron chi connectivity index (χ0n) is 12.9. The molecule has 1 atom stereocenters. The van der Waals surface area contributed by atoms with Crippen LogP contribution in [0.1, 0.15) is 84.5 Å². The van der Waals surface area contributed by atoms with Gasteiger partial charge in [0.2, 0.25) is 0 Å². The molecular weight excluding hydrogens is 238 g/mol. The largest absolute Gasteiger partial charge is 0.481 e. The Bertz CT molecular complexity index is 231. The standard InChI is InChI=1S/C16H33NO2/c1-3-4-5-6-7-8-9-10-11-12-13-16(2,14-17)15(18)19/h3-14,17H2,1-2H3,(H,18,19). The number of carboxylic acid groups (broad SMARTS) is 1. The summed E-state index contributed by atoms with van der Waals surface area (Å²) in [6.07, 6.45) is 13.5. The molecule has 0 aromatic rings. The lowest BCUT2D eigenvalue weighted by Crippen LogP contribution is -2.35. The van der Waals surface area contributed by atoms with Gasteiger partial charge in [0.15, 0.2) is 0 Å². The lowest BCUT2D eigenvalue weighted by Gasteiger charge is -2.22. The highest BCUT2D eigenvalue weighted by atomic mass is 16.4. The maximum Gasteiger partial charge on any atom is 0.310 e. The highest BCUT2D eigenvalue weighted by molar-refractivity contribution is 5.74. The number of nitrogens with two attached hydrogens (primary N) is 1. The van der Waals surface area contributed by atoms with E-state index in [-0.39, 0.29) is 6.54 Å². The van der Waals surface area contributed by atoms with Crippen LogP contribution < -0.4 is 5.73 Å². The van der Waals surface area contributed by atoms with Crippen molar-refractivity contribution < 1.29 is 9.90 Å². The van der Waals surface area contributed by atoms with Crippen molar-refractivity contribution in [3.8, 4) is 0 Å². The van der Waals surface area contributed by atoms with Gasteiger partial charge in [0.25, 0.3) is 0 Å². The van der Waals surface area contributed by atoms with Gasteiger partial charge < -0.3 is 10.8 Å². The second-order valence-electron chi connectivity index (χ2n) is 6.00. The van der Waals surface area contributed by atoms with Gasteiger partial charge in [-0.15, -0.1) is 0 Å². The van der Waals surface area contributed by atoms with Crippen molar-refractivity contribution >= 4 is 5.97 Å². The Hall–Kier alpha value is -0.570. The highest BCUT2D eigenvalue weighted by Gasteiger charge is 2.30. The topological polar surface area (TPSA) is 63.3 Å². The molecule has 0 bridgehead atoms. The molecule has 0 aromatic carbocycles. The average molecular weight is 271 g/mol. The molecule has 1 unspecified atom stereocenters. The van der Waals surface area contributed by atoms with Crippen LogP contribution in [0.15, 0.2) is 0 Å². The maximum absolute atomic E-state index is 11.1. The van der Waals surface area contributed by atoms with Crippen LogP contribution >= 0.6 is 0 Å². The maximum atomic E-state index is 11.1. The predicted molar refractivity (Wildman–Crippen MR) is 81.3 cm³/mol. The quantitative estimate of drug-likeness (QED) is 0.490. The number of carboxylic acids is 1. The molecule has 0 spiro atoms. The van der Waals surface area contributed by atoms with Gasteiger partial charge >= 0.3 is 5.97 Å². The summed E-state index contributed by atoms with van der Waals surface area (Å²) in [7, 11) is 0. The highest BCUT2D eigenvalue weighted by Crippen LogP contribution is 2.24.